The summed E-state index contributed by atoms with van der Waals surface area (Å²) in [7, 11) is 1.60. The second-order valence-electron chi connectivity index (χ2n) is 12.7. The van der Waals surface area contributed by atoms with Gasteiger partial charge in [-0.1, -0.05) is 13.8 Å². The normalized spacial score (nSPS) is 19.0. The number of hydrogen-bond donors (Lipinski definition) is 2. The molecule has 0 aliphatic carbocycles. The predicted octanol–water partition coefficient (Wildman–Crippen LogP) is 3.18. The quantitative estimate of drug-likeness (QED) is 0.301. The van der Waals surface area contributed by atoms with Crippen LogP contribution < -0.4 is 10.6 Å². The molecule has 44 heavy (non-hydrogen) atoms. The molecule has 0 unspecified atom stereocenters. The number of carbonyl (C=O) groups excluding carboxylic acids is 4. The van der Waals surface area contributed by atoms with Gasteiger partial charge in [0.05, 0.1) is 36.5 Å². The Labute approximate surface area is 259 Å². The standard InChI is InChI=1S/C31H48FN5O7/c1-21(2)18-37(29(40)27(38)34-26-17-23(32)8-9-25(26)33-10-7-13-42-6)24-16-22(28(39)35-11-14-43-15-12-35)19-36(20-24)30(41)44-31(3,4)5/h8-9,17,21-22,24,33H,7,10-16,18-20H2,1-6H3,(H,34,38)/t22-,24+/m1/s1. The number of benzene rings is 1. The number of morpholine rings is 1. The SMILES string of the molecule is COCCCNc1ccc(F)cc1NC(=O)C(=O)N(CC(C)C)[C@H]1C[C@@H](C(=O)N2CCOCC2)CN(C(=O)OC(C)(C)C)C1. The van der Waals surface area contributed by atoms with Crippen molar-refractivity contribution in [3.63, 3.8) is 0 Å². The Bertz CT molecular complexity index is 1150. The molecule has 2 N–H and O–H groups in total. The van der Waals surface area contributed by atoms with E-state index in [1.807, 2.05) is 13.8 Å². The number of likely N-dealkylation sites (tertiary alicyclic amines) is 1. The number of amides is 4. The Morgan fingerprint density at radius 3 is 2.43 bits per heavy atom. The Hall–Kier alpha value is -3.45. The fourth-order valence-electron chi connectivity index (χ4n) is 5.31. The van der Waals surface area contributed by atoms with E-state index in [2.05, 4.69) is 10.6 Å². The van der Waals surface area contributed by atoms with Gasteiger partial charge in [0.2, 0.25) is 5.91 Å². The van der Waals surface area contributed by atoms with E-state index in [1.54, 1.807) is 32.8 Å². The lowest BCUT2D eigenvalue weighted by atomic mass is 9.91. The molecule has 0 bridgehead atoms. The highest BCUT2D eigenvalue weighted by Crippen LogP contribution is 2.27. The van der Waals surface area contributed by atoms with Crippen LogP contribution in [0.2, 0.25) is 0 Å². The number of carbonyl (C=O) groups is 4. The molecular weight excluding hydrogens is 573 g/mol. The van der Waals surface area contributed by atoms with Gasteiger partial charge in [-0.2, -0.15) is 0 Å². The van der Waals surface area contributed by atoms with E-state index >= 15 is 0 Å². The van der Waals surface area contributed by atoms with Gasteiger partial charge in [0.25, 0.3) is 0 Å². The fraction of sp³-hybridized carbons (Fsp3) is 0.677. The Balaban J connectivity index is 1.86. The first-order valence-electron chi connectivity index (χ1n) is 15.3. The molecule has 2 fully saturated rings. The summed E-state index contributed by atoms with van der Waals surface area (Å²) < 4.78 is 30.3. The third-order valence-corrected chi connectivity index (χ3v) is 7.28. The summed E-state index contributed by atoms with van der Waals surface area (Å²) >= 11 is 0. The predicted molar refractivity (Wildman–Crippen MR) is 164 cm³/mol. The molecule has 0 radical (unpaired) electrons. The number of anilines is 2. The average molecular weight is 622 g/mol. The van der Waals surface area contributed by atoms with E-state index in [-0.39, 0.29) is 43.6 Å². The van der Waals surface area contributed by atoms with Crippen LogP contribution in [0, 0.1) is 17.7 Å². The molecule has 1 aromatic carbocycles. The van der Waals surface area contributed by atoms with E-state index in [0.29, 0.717) is 51.6 Å². The van der Waals surface area contributed by atoms with E-state index in [9.17, 15) is 23.6 Å². The maximum Gasteiger partial charge on any atom is 0.410 e. The molecule has 246 valence electrons. The number of piperidine rings is 1. The average Bonchev–Trinajstić information content (AvgIpc) is 2.97. The fourth-order valence-corrected chi connectivity index (χ4v) is 5.31. The van der Waals surface area contributed by atoms with Gasteiger partial charge in [0.15, 0.2) is 0 Å². The summed E-state index contributed by atoms with van der Waals surface area (Å²) in [5, 5.41) is 5.71. The second-order valence-corrected chi connectivity index (χ2v) is 12.7. The van der Waals surface area contributed by atoms with Gasteiger partial charge in [0.1, 0.15) is 11.4 Å². The maximum atomic E-state index is 14.2. The van der Waals surface area contributed by atoms with Crippen molar-refractivity contribution in [3.8, 4) is 0 Å². The summed E-state index contributed by atoms with van der Waals surface area (Å²) in [6, 6.07) is 3.28. The molecule has 2 aliphatic rings. The molecule has 0 saturated carbocycles. The van der Waals surface area contributed by atoms with Crippen molar-refractivity contribution in [1.29, 1.82) is 0 Å². The number of nitrogens with one attached hydrogen (secondary N) is 2. The molecule has 0 aromatic heterocycles. The highest BCUT2D eigenvalue weighted by molar-refractivity contribution is 6.40. The number of hydrogen-bond acceptors (Lipinski definition) is 8. The van der Waals surface area contributed by atoms with E-state index in [0.717, 1.165) is 6.07 Å². The topological polar surface area (TPSA) is 130 Å². The summed E-state index contributed by atoms with van der Waals surface area (Å²) in [6.07, 6.45) is 0.364. The van der Waals surface area contributed by atoms with E-state index in [1.165, 1.54) is 21.9 Å². The van der Waals surface area contributed by atoms with Crippen LogP contribution in [0.5, 0.6) is 0 Å². The first kappa shape index (κ1) is 35.0. The van der Waals surface area contributed by atoms with Crippen LogP contribution in [0.25, 0.3) is 0 Å². The first-order valence-corrected chi connectivity index (χ1v) is 15.3. The number of nitrogens with zero attached hydrogens (tertiary/aromatic N) is 3. The molecule has 2 heterocycles. The molecule has 2 atom stereocenters. The van der Waals surface area contributed by atoms with E-state index < -0.39 is 41.3 Å². The minimum absolute atomic E-state index is 0.0239. The van der Waals surface area contributed by atoms with Crippen molar-refractivity contribution >= 4 is 35.2 Å². The van der Waals surface area contributed by atoms with Crippen LogP contribution >= 0.6 is 0 Å². The number of methoxy groups -OCH3 is 1. The molecule has 13 heteroatoms. The van der Waals surface area contributed by atoms with Crippen LogP contribution in [-0.4, -0.2) is 116 Å². The monoisotopic (exact) mass is 621 g/mol. The van der Waals surface area contributed by atoms with Crippen molar-refractivity contribution in [2.24, 2.45) is 11.8 Å². The minimum Gasteiger partial charge on any atom is -0.444 e. The smallest absolute Gasteiger partial charge is 0.410 e. The maximum absolute atomic E-state index is 14.2. The molecule has 2 aliphatic heterocycles. The zero-order chi connectivity index (χ0) is 32.4. The van der Waals surface area contributed by atoms with Crippen LogP contribution in [0.15, 0.2) is 18.2 Å². The third kappa shape index (κ3) is 10.3. The summed E-state index contributed by atoms with van der Waals surface area (Å²) in [4.78, 5) is 58.6. The van der Waals surface area contributed by atoms with Crippen LogP contribution in [-0.2, 0) is 28.6 Å². The van der Waals surface area contributed by atoms with Gasteiger partial charge >= 0.3 is 17.9 Å². The number of halogens is 1. The Morgan fingerprint density at radius 2 is 1.80 bits per heavy atom. The number of ether oxygens (including phenoxy) is 3. The molecule has 0 spiro atoms. The molecule has 1 aromatic rings. The molecular formula is C31H48FN5O7. The summed E-state index contributed by atoms with van der Waals surface area (Å²) in [5.74, 6) is -3.10. The van der Waals surface area contributed by atoms with Gasteiger partial charge in [-0.05, 0) is 57.7 Å². The largest absolute Gasteiger partial charge is 0.444 e. The van der Waals surface area contributed by atoms with Gasteiger partial charge in [-0.3, -0.25) is 14.4 Å². The van der Waals surface area contributed by atoms with Gasteiger partial charge in [-0.25, -0.2) is 9.18 Å². The first-order chi connectivity index (χ1) is 20.8. The number of rotatable bonds is 10. The summed E-state index contributed by atoms with van der Waals surface area (Å²) in [6.45, 7) is 12.3. The highest BCUT2D eigenvalue weighted by atomic mass is 19.1. The Kier molecular flexibility index (Phi) is 12.8. The van der Waals surface area contributed by atoms with E-state index in [4.69, 9.17) is 14.2 Å². The molecule has 4 amide bonds. The van der Waals surface area contributed by atoms with Crippen molar-refractivity contribution < 1.29 is 37.8 Å². The van der Waals surface area contributed by atoms with Crippen LogP contribution in [0.3, 0.4) is 0 Å². The Morgan fingerprint density at radius 1 is 1.09 bits per heavy atom. The molecule has 3 rings (SSSR count). The van der Waals surface area contributed by atoms with Crippen molar-refractivity contribution in [2.45, 2.75) is 59.1 Å². The minimum atomic E-state index is -0.943. The van der Waals surface area contributed by atoms with Crippen LogP contribution in [0.1, 0.15) is 47.5 Å². The summed E-state index contributed by atoms with van der Waals surface area (Å²) in [5.41, 5.74) is -0.171. The van der Waals surface area contributed by atoms with Crippen molar-refractivity contribution in [1.82, 2.24) is 14.7 Å². The zero-order valence-corrected chi connectivity index (χ0v) is 26.8. The molecule has 12 nitrogen and oxygen atoms in total. The van der Waals surface area contributed by atoms with Crippen LogP contribution in [0.4, 0.5) is 20.6 Å². The molecule has 2 saturated heterocycles. The lowest BCUT2D eigenvalue weighted by molar-refractivity contribution is -0.149. The van der Waals surface area contributed by atoms with Gasteiger partial charge < -0.3 is 39.5 Å². The van der Waals surface area contributed by atoms with Crippen molar-refractivity contribution in [2.75, 3.05) is 76.8 Å². The zero-order valence-electron chi connectivity index (χ0n) is 26.8. The highest BCUT2D eigenvalue weighted by Gasteiger charge is 2.42. The lowest BCUT2D eigenvalue weighted by Gasteiger charge is -2.43. The lowest BCUT2D eigenvalue weighted by Crippen LogP contribution is -2.59. The van der Waals surface area contributed by atoms with Gasteiger partial charge in [0, 0.05) is 53.0 Å². The van der Waals surface area contributed by atoms with Gasteiger partial charge in [-0.15, -0.1) is 0 Å². The second kappa shape index (κ2) is 16.0. The van der Waals surface area contributed by atoms with Crippen molar-refractivity contribution in [3.05, 3.63) is 24.0 Å². The third-order valence-electron chi connectivity index (χ3n) is 7.28.